The lowest BCUT2D eigenvalue weighted by atomic mass is 10.1. The number of carbonyl (C=O) groups excluding carboxylic acids is 1. The van der Waals surface area contributed by atoms with Crippen LogP contribution in [0.2, 0.25) is 0 Å². The molecular weight excluding hydrogens is 388 g/mol. The molecule has 29 heavy (non-hydrogen) atoms. The Bertz CT molecular complexity index is 955. The average molecular weight is 417 g/mol. The molecule has 0 aromatic heterocycles. The summed E-state index contributed by atoms with van der Waals surface area (Å²) in [7, 11) is -0.286. The van der Waals surface area contributed by atoms with Crippen LogP contribution in [-0.4, -0.2) is 59.5 Å². The van der Waals surface area contributed by atoms with Gasteiger partial charge >= 0.3 is 0 Å². The Balaban J connectivity index is 1.88. The van der Waals surface area contributed by atoms with Gasteiger partial charge in [0.2, 0.25) is 10.0 Å². The number of amides is 1. The maximum absolute atomic E-state index is 12.8. The number of rotatable bonds is 6. The number of carbonyl (C=O) groups is 1. The van der Waals surface area contributed by atoms with E-state index in [1.807, 2.05) is 44.3 Å². The summed E-state index contributed by atoms with van der Waals surface area (Å²) in [5, 5.41) is 2.94. The van der Waals surface area contributed by atoms with Crippen LogP contribution < -0.4 is 14.9 Å². The number of likely N-dealkylation sites (N-methyl/N-ethyl adjacent to an activating group) is 1. The van der Waals surface area contributed by atoms with Gasteiger partial charge in [0.05, 0.1) is 11.7 Å². The summed E-state index contributed by atoms with van der Waals surface area (Å²) in [4.78, 5) is 17.2. The van der Waals surface area contributed by atoms with Gasteiger partial charge in [0, 0.05) is 31.7 Å². The van der Waals surface area contributed by atoms with Crippen LogP contribution in [0.25, 0.3) is 0 Å². The molecule has 7 nitrogen and oxygen atoms in total. The van der Waals surface area contributed by atoms with Gasteiger partial charge < -0.3 is 15.1 Å². The lowest BCUT2D eigenvalue weighted by molar-refractivity contribution is 0.0939. The van der Waals surface area contributed by atoms with Crippen LogP contribution in [0.15, 0.2) is 53.4 Å². The van der Waals surface area contributed by atoms with E-state index in [4.69, 9.17) is 0 Å². The molecule has 1 aliphatic rings. The van der Waals surface area contributed by atoms with Gasteiger partial charge in [0.15, 0.2) is 0 Å². The monoisotopic (exact) mass is 416 g/mol. The van der Waals surface area contributed by atoms with Gasteiger partial charge in [-0.25, -0.2) is 13.1 Å². The Morgan fingerprint density at radius 2 is 1.69 bits per heavy atom. The molecule has 1 heterocycles. The molecule has 1 unspecified atom stereocenters. The molecule has 0 saturated carbocycles. The minimum Gasteiger partial charge on any atom is -0.368 e. The SMILES string of the molecule is CNS(=O)(=O)c1cc(C(=O)NC(C)c2ccccc2)ccc1N1CCN(C)CC1. The van der Waals surface area contributed by atoms with Gasteiger partial charge in [-0.2, -0.15) is 0 Å². The summed E-state index contributed by atoms with van der Waals surface area (Å²) in [5.74, 6) is -0.307. The van der Waals surface area contributed by atoms with Crippen LogP contribution in [0.3, 0.4) is 0 Å². The normalized spacial score (nSPS) is 16.4. The van der Waals surface area contributed by atoms with Crippen molar-refractivity contribution in [2.75, 3.05) is 45.2 Å². The van der Waals surface area contributed by atoms with Gasteiger partial charge in [-0.15, -0.1) is 0 Å². The highest BCUT2D eigenvalue weighted by Crippen LogP contribution is 2.27. The Kier molecular flexibility index (Phi) is 6.56. The quantitative estimate of drug-likeness (QED) is 0.751. The van der Waals surface area contributed by atoms with E-state index in [1.165, 1.54) is 13.1 Å². The van der Waals surface area contributed by atoms with E-state index in [0.29, 0.717) is 11.3 Å². The van der Waals surface area contributed by atoms with Crippen molar-refractivity contribution in [3.05, 3.63) is 59.7 Å². The van der Waals surface area contributed by atoms with Crippen LogP contribution in [0.5, 0.6) is 0 Å². The van der Waals surface area contributed by atoms with Crippen molar-refractivity contribution in [3.8, 4) is 0 Å². The summed E-state index contributed by atoms with van der Waals surface area (Å²) in [5.41, 5.74) is 1.93. The first-order valence-corrected chi connectivity index (χ1v) is 11.2. The van der Waals surface area contributed by atoms with E-state index in [2.05, 4.69) is 19.8 Å². The maximum Gasteiger partial charge on any atom is 0.251 e. The van der Waals surface area contributed by atoms with E-state index in [1.54, 1.807) is 12.1 Å². The number of hydrogen-bond donors (Lipinski definition) is 2. The van der Waals surface area contributed by atoms with Gasteiger partial charge in [-0.1, -0.05) is 30.3 Å². The van der Waals surface area contributed by atoms with E-state index >= 15 is 0 Å². The van der Waals surface area contributed by atoms with Crippen molar-refractivity contribution in [1.29, 1.82) is 0 Å². The molecule has 156 valence electrons. The molecule has 2 N–H and O–H groups in total. The Morgan fingerprint density at radius 3 is 2.31 bits per heavy atom. The van der Waals surface area contributed by atoms with E-state index < -0.39 is 10.0 Å². The fourth-order valence-electron chi connectivity index (χ4n) is 3.39. The third-order valence-corrected chi connectivity index (χ3v) is 6.71. The number of nitrogens with one attached hydrogen (secondary N) is 2. The number of sulfonamides is 1. The lowest BCUT2D eigenvalue weighted by Gasteiger charge is -2.35. The summed E-state index contributed by atoms with van der Waals surface area (Å²) in [6.07, 6.45) is 0. The maximum atomic E-state index is 12.8. The van der Waals surface area contributed by atoms with Crippen molar-refractivity contribution in [2.24, 2.45) is 0 Å². The third-order valence-electron chi connectivity index (χ3n) is 5.27. The first-order valence-electron chi connectivity index (χ1n) is 9.68. The largest absolute Gasteiger partial charge is 0.368 e. The highest BCUT2D eigenvalue weighted by atomic mass is 32.2. The van der Waals surface area contributed by atoms with Crippen molar-refractivity contribution < 1.29 is 13.2 Å². The van der Waals surface area contributed by atoms with Crippen molar-refractivity contribution in [3.63, 3.8) is 0 Å². The standard InChI is InChI=1S/C21H28N4O3S/c1-16(17-7-5-4-6-8-17)23-21(26)18-9-10-19(20(15-18)29(27,28)22-2)25-13-11-24(3)12-14-25/h4-10,15-16,22H,11-14H2,1-3H3,(H,23,26). The Morgan fingerprint density at radius 1 is 1.03 bits per heavy atom. The summed E-state index contributed by atoms with van der Waals surface area (Å²) < 4.78 is 27.7. The minimum atomic E-state index is -3.71. The molecule has 2 aromatic carbocycles. The highest BCUT2D eigenvalue weighted by Gasteiger charge is 2.25. The zero-order chi connectivity index (χ0) is 21.0. The van der Waals surface area contributed by atoms with Crippen molar-refractivity contribution in [1.82, 2.24) is 14.9 Å². The number of piperazine rings is 1. The molecule has 2 aromatic rings. The molecule has 1 amide bonds. The molecule has 1 fully saturated rings. The van der Waals surface area contributed by atoms with E-state index in [0.717, 1.165) is 31.7 Å². The highest BCUT2D eigenvalue weighted by molar-refractivity contribution is 7.89. The lowest BCUT2D eigenvalue weighted by Crippen LogP contribution is -2.45. The first-order chi connectivity index (χ1) is 13.8. The molecular formula is C21H28N4O3S. The predicted molar refractivity (Wildman–Crippen MR) is 115 cm³/mol. The summed E-state index contributed by atoms with van der Waals surface area (Å²) in [6, 6.07) is 14.3. The zero-order valence-corrected chi connectivity index (χ0v) is 17.9. The molecule has 0 spiro atoms. The van der Waals surface area contributed by atoms with Crippen molar-refractivity contribution >= 4 is 21.6 Å². The van der Waals surface area contributed by atoms with Crippen molar-refractivity contribution in [2.45, 2.75) is 17.9 Å². The van der Waals surface area contributed by atoms with Crippen LogP contribution in [0.1, 0.15) is 28.9 Å². The second-order valence-corrected chi connectivity index (χ2v) is 9.14. The first kappa shape index (κ1) is 21.3. The molecule has 0 aliphatic carbocycles. The molecule has 0 radical (unpaired) electrons. The molecule has 1 atom stereocenters. The van der Waals surface area contributed by atoms with E-state index in [-0.39, 0.29) is 16.8 Å². The van der Waals surface area contributed by atoms with Crippen LogP contribution in [-0.2, 0) is 10.0 Å². The zero-order valence-electron chi connectivity index (χ0n) is 17.1. The van der Waals surface area contributed by atoms with Gasteiger partial charge in [0.25, 0.3) is 5.91 Å². The molecule has 1 saturated heterocycles. The number of hydrogen-bond acceptors (Lipinski definition) is 5. The minimum absolute atomic E-state index is 0.129. The Labute approximate surface area is 172 Å². The summed E-state index contributed by atoms with van der Waals surface area (Å²) in [6.45, 7) is 5.08. The fourth-order valence-corrected chi connectivity index (χ4v) is 4.37. The molecule has 0 bridgehead atoms. The Hall–Kier alpha value is -2.42. The second-order valence-electron chi connectivity index (χ2n) is 7.29. The molecule has 1 aliphatic heterocycles. The fraction of sp³-hybridized carbons (Fsp3) is 0.381. The van der Waals surface area contributed by atoms with Gasteiger partial charge in [-0.05, 0) is 44.8 Å². The van der Waals surface area contributed by atoms with Crippen LogP contribution in [0, 0.1) is 0 Å². The summed E-state index contributed by atoms with van der Waals surface area (Å²) >= 11 is 0. The van der Waals surface area contributed by atoms with Gasteiger partial charge in [-0.3, -0.25) is 4.79 Å². The van der Waals surface area contributed by atoms with Crippen LogP contribution in [0.4, 0.5) is 5.69 Å². The topological polar surface area (TPSA) is 81.7 Å². The number of nitrogens with zero attached hydrogens (tertiary/aromatic N) is 2. The number of benzene rings is 2. The number of anilines is 1. The van der Waals surface area contributed by atoms with Gasteiger partial charge in [0.1, 0.15) is 4.90 Å². The average Bonchev–Trinajstić information content (AvgIpc) is 2.74. The second kappa shape index (κ2) is 8.94. The molecule has 8 heteroatoms. The third kappa shape index (κ3) is 4.95. The molecule has 3 rings (SSSR count). The predicted octanol–water partition coefficient (Wildman–Crippen LogP) is 1.84. The smallest absolute Gasteiger partial charge is 0.251 e. The van der Waals surface area contributed by atoms with Crippen LogP contribution >= 0.6 is 0 Å². The van der Waals surface area contributed by atoms with E-state index in [9.17, 15) is 13.2 Å².